The smallest absolute Gasteiger partial charge is 0.0219 e. The fraction of sp³-hybridized carbons (Fsp3) is 0.529. The van der Waals surface area contributed by atoms with Gasteiger partial charge in [-0.1, -0.05) is 63.6 Å². The summed E-state index contributed by atoms with van der Waals surface area (Å²) >= 11 is 0. The zero-order valence-corrected chi connectivity index (χ0v) is 11.6. The van der Waals surface area contributed by atoms with Crippen molar-refractivity contribution in [3.05, 3.63) is 47.5 Å². The van der Waals surface area contributed by atoms with Crippen LogP contribution in [0.2, 0.25) is 0 Å². The topological polar surface area (TPSA) is 0 Å². The van der Waals surface area contributed by atoms with E-state index in [0.717, 1.165) is 0 Å². The van der Waals surface area contributed by atoms with E-state index < -0.39 is 0 Å². The molecule has 0 aliphatic carbocycles. The SMILES string of the molecule is C=C(CCC)CCCc1cccc(C(C)C)c1. The molecule has 0 unspecified atom stereocenters. The van der Waals surface area contributed by atoms with E-state index in [1.807, 2.05) is 0 Å². The third kappa shape index (κ3) is 5.21. The Kier molecular flexibility index (Phi) is 6.04. The molecule has 0 amide bonds. The standard InChI is InChI=1S/C17H26/c1-5-8-15(4)9-6-10-16-11-7-12-17(13-16)14(2)3/h7,11-14H,4-6,8-10H2,1-3H3. The summed E-state index contributed by atoms with van der Waals surface area (Å²) < 4.78 is 0. The minimum atomic E-state index is 0.630. The average Bonchev–Trinajstić information content (AvgIpc) is 2.30. The van der Waals surface area contributed by atoms with Gasteiger partial charge >= 0.3 is 0 Å². The molecule has 0 aliphatic heterocycles. The Morgan fingerprint density at radius 1 is 1.24 bits per heavy atom. The Morgan fingerprint density at radius 2 is 2.00 bits per heavy atom. The van der Waals surface area contributed by atoms with Gasteiger partial charge in [-0.3, -0.25) is 0 Å². The van der Waals surface area contributed by atoms with Crippen molar-refractivity contribution in [2.24, 2.45) is 0 Å². The normalized spacial score (nSPS) is 10.8. The molecule has 0 aliphatic rings. The lowest BCUT2D eigenvalue weighted by atomic mass is 9.97. The van der Waals surface area contributed by atoms with Gasteiger partial charge in [-0.05, 0) is 42.7 Å². The van der Waals surface area contributed by atoms with Crippen molar-refractivity contribution in [3.63, 3.8) is 0 Å². The monoisotopic (exact) mass is 230 g/mol. The lowest BCUT2D eigenvalue weighted by Gasteiger charge is -2.08. The summed E-state index contributed by atoms with van der Waals surface area (Å²) in [5, 5.41) is 0. The molecular weight excluding hydrogens is 204 g/mol. The molecule has 0 N–H and O–H groups in total. The number of aryl methyl sites for hydroxylation is 1. The van der Waals surface area contributed by atoms with Gasteiger partial charge in [-0.25, -0.2) is 0 Å². The minimum Gasteiger partial charge on any atom is -0.0999 e. The molecule has 0 radical (unpaired) electrons. The Bertz CT molecular complexity index is 347. The molecule has 0 heterocycles. The molecule has 0 fully saturated rings. The second-order valence-corrected chi connectivity index (χ2v) is 5.25. The lowest BCUT2D eigenvalue weighted by Crippen LogP contribution is -1.92. The highest BCUT2D eigenvalue weighted by Crippen LogP contribution is 2.18. The molecule has 94 valence electrons. The molecule has 0 heteroatoms. The highest BCUT2D eigenvalue weighted by molar-refractivity contribution is 5.25. The highest BCUT2D eigenvalue weighted by Gasteiger charge is 2.01. The Hall–Kier alpha value is -1.04. The van der Waals surface area contributed by atoms with Crippen LogP contribution in [0.3, 0.4) is 0 Å². The van der Waals surface area contributed by atoms with E-state index in [9.17, 15) is 0 Å². The van der Waals surface area contributed by atoms with Gasteiger partial charge in [0.25, 0.3) is 0 Å². The molecule has 0 atom stereocenters. The summed E-state index contributed by atoms with van der Waals surface area (Å²) in [6.45, 7) is 10.8. The molecule has 0 spiro atoms. The zero-order chi connectivity index (χ0) is 12.7. The van der Waals surface area contributed by atoms with Crippen LogP contribution >= 0.6 is 0 Å². The average molecular weight is 230 g/mol. The van der Waals surface area contributed by atoms with Gasteiger partial charge in [0.05, 0.1) is 0 Å². The summed E-state index contributed by atoms with van der Waals surface area (Å²) in [6.07, 6.45) is 6.01. The molecule has 17 heavy (non-hydrogen) atoms. The Labute approximate surface area is 107 Å². The van der Waals surface area contributed by atoms with Gasteiger partial charge in [-0.2, -0.15) is 0 Å². The van der Waals surface area contributed by atoms with Crippen molar-refractivity contribution in [1.82, 2.24) is 0 Å². The summed E-state index contributed by atoms with van der Waals surface area (Å²) in [4.78, 5) is 0. The van der Waals surface area contributed by atoms with Gasteiger partial charge in [-0.15, -0.1) is 0 Å². The molecule has 0 saturated heterocycles. The van der Waals surface area contributed by atoms with Crippen LogP contribution in [0.25, 0.3) is 0 Å². The van der Waals surface area contributed by atoms with E-state index in [1.54, 1.807) is 0 Å². The van der Waals surface area contributed by atoms with E-state index in [1.165, 1.54) is 48.8 Å². The number of allylic oxidation sites excluding steroid dienone is 1. The number of hydrogen-bond donors (Lipinski definition) is 0. The molecule has 1 aromatic rings. The van der Waals surface area contributed by atoms with Crippen molar-refractivity contribution in [2.45, 2.75) is 58.8 Å². The first-order valence-corrected chi connectivity index (χ1v) is 6.89. The van der Waals surface area contributed by atoms with E-state index in [0.29, 0.717) is 5.92 Å². The quantitative estimate of drug-likeness (QED) is 0.543. The molecule has 0 nitrogen and oxygen atoms in total. The summed E-state index contributed by atoms with van der Waals surface area (Å²) in [5.41, 5.74) is 4.34. The second kappa shape index (κ2) is 7.32. The molecule has 0 saturated carbocycles. The van der Waals surface area contributed by atoms with Crippen molar-refractivity contribution >= 4 is 0 Å². The van der Waals surface area contributed by atoms with Crippen molar-refractivity contribution < 1.29 is 0 Å². The number of rotatable bonds is 7. The first-order valence-electron chi connectivity index (χ1n) is 6.89. The summed E-state index contributed by atoms with van der Waals surface area (Å²) in [7, 11) is 0. The van der Waals surface area contributed by atoms with Gasteiger partial charge in [0.15, 0.2) is 0 Å². The van der Waals surface area contributed by atoms with E-state index >= 15 is 0 Å². The Balaban J connectivity index is 2.41. The molecule has 1 rings (SSSR count). The third-order valence-electron chi connectivity index (χ3n) is 3.22. The van der Waals surface area contributed by atoms with Crippen LogP contribution < -0.4 is 0 Å². The van der Waals surface area contributed by atoms with Crippen LogP contribution in [0, 0.1) is 0 Å². The van der Waals surface area contributed by atoms with E-state index in [2.05, 4.69) is 51.6 Å². The highest BCUT2D eigenvalue weighted by atomic mass is 14.1. The van der Waals surface area contributed by atoms with Crippen LogP contribution in [-0.4, -0.2) is 0 Å². The fourth-order valence-electron chi connectivity index (χ4n) is 2.13. The predicted molar refractivity (Wildman–Crippen MR) is 77.5 cm³/mol. The first-order chi connectivity index (χ1) is 8.13. The maximum absolute atomic E-state index is 4.12. The van der Waals surface area contributed by atoms with Crippen molar-refractivity contribution in [1.29, 1.82) is 0 Å². The van der Waals surface area contributed by atoms with Crippen LogP contribution in [0.15, 0.2) is 36.4 Å². The van der Waals surface area contributed by atoms with E-state index in [4.69, 9.17) is 0 Å². The first kappa shape index (κ1) is 14.0. The van der Waals surface area contributed by atoms with Gasteiger partial charge in [0, 0.05) is 0 Å². The second-order valence-electron chi connectivity index (χ2n) is 5.25. The van der Waals surface area contributed by atoms with Gasteiger partial charge in [0.2, 0.25) is 0 Å². The van der Waals surface area contributed by atoms with Crippen LogP contribution in [0.5, 0.6) is 0 Å². The molecule has 0 aromatic heterocycles. The maximum atomic E-state index is 4.12. The largest absolute Gasteiger partial charge is 0.0999 e. The van der Waals surface area contributed by atoms with Crippen molar-refractivity contribution in [3.8, 4) is 0 Å². The van der Waals surface area contributed by atoms with Crippen molar-refractivity contribution in [2.75, 3.05) is 0 Å². The molecular formula is C17H26. The van der Waals surface area contributed by atoms with Crippen LogP contribution in [0.1, 0.15) is 63.5 Å². The molecule has 0 bridgehead atoms. The minimum absolute atomic E-state index is 0.630. The lowest BCUT2D eigenvalue weighted by molar-refractivity contribution is 0.759. The molecule has 1 aromatic carbocycles. The van der Waals surface area contributed by atoms with Crippen LogP contribution in [0.4, 0.5) is 0 Å². The van der Waals surface area contributed by atoms with Gasteiger partial charge in [0.1, 0.15) is 0 Å². The third-order valence-corrected chi connectivity index (χ3v) is 3.22. The maximum Gasteiger partial charge on any atom is -0.0219 e. The fourth-order valence-corrected chi connectivity index (χ4v) is 2.13. The van der Waals surface area contributed by atoms with E-state index in [-0.39, 0.29) is 0 Å². The zero-order valence-electron chi connectivity index (χ0n) is 11.6. The Morgan fingerprint density at radius 3 is 2.65 bits per heavy atom. The van der Waals surface area contributed by atoms with Gasteiger partial charge < -0.3 is 0 Å². The van der Waals surface area contributed by atoms with Crippen LogP contribution in [-0.2, 0) is 6.42 Å². The number of hydrogen-bond acceptors (Lipinski definition) is 0. The summed E-state index contributed by atoms with van der Waals surface area (Å²) in [6, 6.07) is 9.01. The summed E-state index contributed by atoms with van der Waals surface area (Å²) in [5.74, 6) is 0.630. The predicted octanol–water partition coefficient (Wildman–Crippen LogP) is 5.49. The number of benzene rings is 1.